The van der Waals surface area contributed by atoms with E-state index in [0.717, 1.165) is 29.0 Å². The van der Waals surface area contributed by atoms with Gasteiger partial charge in [0.15, 0.2) is 0 Å². The van der Waals surface area contributed by atoms with Gasteiger partial charge in [0, 0.05) is 13.2 Å². The Balaban J connectivity index is 1.63. The van der Waals surface area contributed by atoms with Crippen LogP contribution in [0.15, 0.2) is 60.7 Å². The van der Waals surface area contributed by atoms with E-state index in [0.29, 0.717) is 19.6 Å². The number of carbonyl (C=O) groups excluding carboxylic acids is 2. The van der Waals surface area contributed by atoms with Crippen LogP contribution in [0.1, 0.15) is 30.4 Å². The normalized spacial score (nSPS) is 14.9. The number of nitrogens with zero attached hydrogens (tertiary/aromatic N) is 1. The fourth-order valence-electron chi connectivity index (χ4n) is 3.56. The second-order valence-electron chi connectivity index (χ2n) is 7.71. The third-order valence-electron chi connectivity index (χ3n) is 5.35. The fraction of sp³-hybridized carbons (Fsp3) is 0.417. The van der Waals surface area contributed by atoms with Gasteiger partial charge in [0.25, 0.3) is 0 Å². The van der Waals surface area contributed by atoms with E-state index in [1.54, 1.807) is 0 Å². The summed E-state index contributed by atoms with van der Waals surface area (Å²) in [6.07, 6.45) is 0.635. The van der Waals surface area contributed by atoms with Crippen molar-refractivity contribution < 1.29 is 28.9 Å². The van der Waals surface area contributed by atoms with E-state index in [1.165, 1.54) is 0 Å². The molecule has 1 unspecified atom stereocenters. The number of ether oxygens (including phenoxy) is 3. The third kappa shape index (κ3) is 7.55. The Labute approximate surface area is 188 Å². The van der Waals surface area contributed by atoms with Crippen molar-refractivity contribution in [3.63, 3.8) is 0 Å². The number of nitrogens with one attached hydrogen (secondary N) is 1. The lowest BCUT2D eigenvalue weighted by Gasteiger charge is -2.33. The number of hydrogen-bond acceptors (Lipinski definition) is 6. The molecular weight excluding hydrogens is 412 g/mol. The van der Waals surface area contributed by atoms with Crippen LogP contribution in [0.2, 0.25) is 0 Å². The van der Waals surface area contributed by atoms with Crippen molar-refractivity contribution >= 4 is 12.2 Å². The van der Waals surface area contributed by atoms with E-state index in [4.69, 9.17) is 14.2 Å². The second-order valence-corrected chi connectivity index (χ2v) is 7.71. The smallest absolute Gasteiger partial charge is 0.429 e. The maximum absolute atomic E-state index is 12.9. The van der Waals surface area contributed by atoms with Crippen molar-refractivity contribution in [3.05, 3.63) is 71.8 Å². The summed E-state index contributed by atoms with van der Waals surface area (Å²) in [5, 5.41) is 11.1. The average molecular weight is 443 g/mol. The monoisotopic (exact) mass is 442 g/mol. The third-order valence-corrected chi connectivity index (χ3v) is 5.35. The molecule has 8 nitrogen and oxygen atoms in total. The highest BCUT2D eigenvalue weighted by Gasteiger charge is 2.30. The Morgan fingerprint density at radius 3 is 2.09 bits per heavy atom. The first-order valence-electron chi connectivity index (χ1n) is 10.8. The predicted octanol–water partition coefficient (Wildman–Crippen LogP) is 3.64. The number of amides is 2. The quantitative estimate of drug-likeness (QED) is 0.606. The largest absolute Gasteiger partial charge is 0.443 e. The summed E-state index contributed by atoms with van der Waals surface area (Å²) in [4.78, 5) is 25.3. The molecule has 0 aromatic heterocycles. The molecule has 1 saturated heterocycles. The van der Waals surface area contributed by atoms with Gasteiger partial charge in [-0.3, -0.25) is 0 Å². The zero-order chi connectivity index (χ0) is 22.6. The molecule has 1 fully saturated rings. The van der Waals surface area contributed by atoms with Crippen molar-refractivity contribution in [2.45, 2.75) is 38.5 Å². The standard InChI is InChI=1S/C24H30N2O6/c27-16-22(15-19-11-13-30-14-12-19)26(24(29)32-18-21-9-5-2-6-10-21)25-23(28)31-17-20-7-3-1-4-8-20/h1-10,19,22,27H,11-18H2,(H,25,28). The number of aliphatic hydroxyl groups excluding tert-OH is 1. The minimum absolute atomic E-state index is 0.0479. The van der Waals surface area contributed by atoms with E-state index >= 15 is 0 Å². The lowest BCUT2D eigenvalue weighted by atomic mass is 9.92. The van der Waals surface area contributed by atoms with E-state index in [1.807, 2.05) is 60.7 Å². The van der Waals surface area contributed by atoms with Crippen LogP contribution in [0.25, 0.3) is 0 Å². The number of benzene rings is 2. The molecule has 2 amide bonds. The van der Waals surface area contributed by atoms with Crippen LogP contribution in [-0.2, 0) is 27.4 Å². The van der Waals surface area contributed by atoms with Gasteiger partial charge in [-0.1, -0.05) is 60.7 Å². The zero-order valence-corrected chi connectivity index (χ0v) is 18.0. The highest BCUT2D eigenvalue weighted by atomic mass is 16.6. The second kappa shape index (κ2) is 12.7. The van der Waals surface area contributed by atoms with Gasteiger partial charge < -0.3 is 19.3 Å². The van der Waals surface area contributed by atoms with E-state index < -0.39 is 18.2 Å². The molecule has 1 atom stereocenters. The van der Waals surface area contributed by atoms with Gasteiger partial charge in [0.2, 0.25) is 0 Å². The summed E-state index contributed by atoms with van der Waals surface area (Å²) in [7, 11) is 0. The summed E-state index contributed by atoms with van der Waals surface area (Å²) >= 11 is 0. The molecule has 32 heavy (non-hydrogen) atoms. The van der Waals surface area contributed by atoms with Gasteiger partial charge in [-0.25, -0.2) is 20.0 Å². The van der Waals surface area contributed by atoms with Crippen LogP contribution in [0.3, 0.4) is 0 Å². The molecular formula is C24H30N2O6. The van der Waals surface area contributed by atoms with Crippen LogP contribution in [0, 0.1) is 5.92 Å². The van der Waals surface area contributed by atoms with Gasteiger partial charge in [0.05, 0.1) is 12.6 Å². The molecule has 1 aliphatic rings. The van der Waals surface area contributed by atoms with Crippen LogP contribution in [0.5, 0.6) is 0 Å². The van der Waals surface area contributed by atoms with Crippen molar-refractivity contribution in [1.29, 1.82) is 0 Å². The molecule has 0 aliphatic carbocycles. The Kier molecular flexibility index (Phi) is 9.34. The topological polar surface area (TPSA) is 97.3 Å². The minimum Gasteiger partial charge on any atom is -0.443 e. The number of rotatable bonds is 8. The minimum atomic E-state index is -0.795. The first-order chi connectivity index (χ1) is 15.7. The molecule has 1 heterocycles. The molecule has 2 aromatic rings. The zero-order valence-electron chi connectivity index (χ0n) is 18.0. The molecule has 1 aliphatic heterocycles. The Morgan fingerprint density at radius 2 is 1.53 bits per heavy atom. The van der Waals surface area contributed by atoms with E-state index in [-0.39, 0.29) is 25.7 Å². The average Bonchev–Trinajstić information content (AvgIpc) is 2.85. The SMILES string of the molecule is O=C(NN(C(=O)OCc1ccccc1)C(CO)CC1CCOCC1)OCc1ccccc1. The molecule has 3 rings (SSSR count). The van der Waals surface area contributed by atoms with Crippen LogP contribution >= 0.6 is 0 Å². The molecule has 8 heteroatoms. The van der Waals surface area contributed by atoms with Gasteiger partial charge in [-0.05, 0) is 36.3 Å². The van der Waals surface area contributed by atoms with Crippen LogP contribution < -0.4 is 5.43 Å². The van der Waals surface area contributed by atoms with Gasteiger partial charge in [-0.2, -0.15) is 0 Å². The van der Waals surface area contributed by atoms with Crippen molar-refractivity contribution in [3.8, 4) is 0 Å². The van der Waals surface area contributed by atoms with Gasteiger partial charge in [-0.15, -0.1) is 0 Å². The summed E-state index contributed by atoms with van der Waals surface area (Å²) in [5.41, 5.74) is 4.11. The van der Waals surface area contributed by atoms with E-state index in [2.05, 4.69) is 5.43 Å². The van der Waals surface area contributed by atoms with Gasteiger partial charge >= 0.3 is 12.2 Å². The molecule has 0 radical (unpaired) electrons. The molecule has 0 saturated carbocycles. The highest BCUT2D eigenvalue weighted by Crippen LogP contribution is 2.22. The summed E-state index contributed by atoms with van der Waals surface area (Å²) < 4.78 is 16.1. The fourth-order valence-corrected chi connectivity index (χ4v) is 3.56. The van der Waals surface area contributed by atoms with Crippen molar-refractivity contribution in [1.82, 2.24) is 10.4 Å². The first-order valence-corrected chi connectivity index (χ1v) is 10.8. The maximum atomic E-state index is 12.9. The summed E-state index contributed by atoms with van der Waals surface area (Å²) in [5.74, 6) is 0.271. The predicted molar refractivity (Wildman–Crippen MR) is 117 cm³/mol. The summed E-state index contributed by atoms with van der Waals surface area (Å²) in [6, 6.07) is 17.8. The Hall–Kier alpha value is -3.10. The maximum Gasteiger partial charge on any atom is 0.429 e. The van der Waals surface area contributed by atoms with E-state index in [9.17, 15) is 14.7 Å². The number of carbonyl (C=O) groups is 2. The first kappa shape index (κ1) is 23.6. The Morgan fingerprint density at radius 1 is 0.969 bits per heavy atom. The van der Waals surface area contributed by atoms with Crippen LogP contribution in [0.4, 0.5) is 9.59 Å². The number of hydrogen-bond donors (Lipinski definition) is 2. The lowest BCUT2D eigenvalue weighted by molar-refractivity contribution is 0.0123. The lowest BCUT2D eigenvalue weighted by Crippen LogP contribution is -2.54. The van der Waals surface area contributed by atoms with Crippen molar-refractivity contribution in [2.75, 3.05) is 19.8 Å². The van der Waals surface area contributed by atoms with Crippen molar-refractivity contribution in [2.24, 2.45) is 5.92 Å². The molecule has 172 valence electrons. The molecule has 0 bridgehead atoms. The summed E-state index contributed by atoms with van der Waals surface area (Å²) in [6.45, 7) is 1.08. The number of hydrazine groups is 1. The highest BCUT2D eigenvalue weighted by molar-refractivity contribution is 5.74. The molecule has 2 aromatic carbocycles. The van der Waals surface area contributed by atoms with Gasteiger partial charge in [0.1, 0.15) is 13.2 Å². The molecule has 2 N–H and O–H groups in total. The molecule has 0 spiro atoms. The Bertz CT molecular complexity index is 827. The number of aliphatic hydroxyl groups is 1. The van der Waals surface area contributed by atoms with Crippen LogP contribution in [-0.4, -0.2) is 48.2 Å².